The molecule has 21 heavy (non-hydrogen) atoms. The predicted molar refractivity (Wildman–Crippen MR) is 86.3 cm³/mol. The van der Waals surface area contributed by atoms with Gasteiger partial charge in [0.15, 0.2) is 0 Å². The van der Waals surface area contributed by atoms with Crippen molar-refractivity contribution in [2.24, 2.45) is 0 Å². The summed E-state index contributed by atoms with van der Waals surface area (Å²) >= 11 is 0. The molecule has 2 fully saturated rings. The molecule has 1 saturated carbocycles. The zero-order valence-electron chi connectivity index (χ0n) is 12.3. The van der Waals surface area contributed by atoms with Crippen molar-refractivity contribution in [3.8, 4) is 0 Å². The molecule has 4 nitrogen and oxygen atoms in total. The number of benzene rings is 1. The third-order valence-electron chi connectivity index (χ3n) is 4.45. The maximum Gasteiger partial charge on any atom is 0.207 e. The Balaban J connectivity index is 1.47. The molecule has 0 amide bonds. The molecule has 1 aromatic carbocycles. The minimum absolute atomic E-state index is 0.655. The summed E-state index contributed by atoms with van der Waals surface area (Å²) < 4.78 is 2.25. The molecule has 2 aliphatic rings. The van der Waals surface area contributed by atoms with Gasteiger partial charge in [0, 0.05) is 42.9 Å². The standard InChI is InChI=1S/C17H22N4/c1-2-11-20(12-3-1)15-6-4-14(5-7-15)19-17-18-10-13-21(17)16-8-9-16/h4-7,10,13,16H,1-3,8-9,11-12H2,(H,18,19). The van der Waals surface area contributed by atoms with Crippen molar-refractivity contribution in [3.05, 3.63) is 36.7 Å². The number of anilines is 3. The van der Waals surface area contributed by atoms with E-state index in [2.05, 4.69) is 50.2 Å². The Morgan fingerprint density at radius 2 is 1.76 bits per heavy atom. The van der Waals surface area contributed by atoms with E-state index >= 15 is 0 Å². The first-order valence-electron chi connectivity index (χ1n) is 8.05. The summed E-state index contributed by atoms with van der Waals surface area (Å²) in [7, 11) is 0. The molecule has 4 heteroatoms. The first-order valence-corrected chi connectivity index (χ1v) is 8.05. The summed E-state index contributed by atoms with van der Waals surface area (Å²) in [4.78, 5) is 6.91. The molecule has 0 atom stereocenters. The van der Waals surface area contributed by atoms with Crippen molar-refractivity contribution in [2.75, 3.05) is 23.3 Å². The fourth-order valence-corrected chi connectivity index (χ4v) is 3.09. The van der Waals surface area contributed by atoms with Crippen molar-refractivity contribution in [2.45, 2.75) is 38.1 Å². The second-order valence-corrected chi connectivity index (χ2v) is 6.11. The highest BCUT2D eigenvalue weighted by molar-refractivity contribution is 5.59. The average molecular weight is 282 g/mol. The van der Waals surface area contributed by atoms with Crippen LogP contribution in [-0.4, -0.2) is 22.6 Å². The number of nitrogens with zero attached hydrogens (tertiary/aromatic N) is 3. The van der Waals surface area contributed by atoms with Crippen LogP contribution in [-0.2, 0) is 0 Å². The Labute approximate surface area is 125 Å². The quantitative estimate of drug-likeness (QED) is 0.921. The van der Waals surface area contributed by atoms with E-state index in [-0.39, 0.29) is 0 Å². The van der Waals surface area contributed by atoms with Gasteiger partial charge < -0.3 is 14.8 Å². The van der Waals surface area contributed by atoms with E-state index in [1.54, 1.807) is 0 Å². The number of nitrogens with one attached hydrogen (secondary N) is 1. The van der Waals surface area contributed by atoms with Gasteiger partial charge in [0.05, 0.1) is 0 Å². The topological polar surface area (TPSA) is 33.1 Å². The average Bonchev–Trinajstić information content (AvgIpc) is 3.29. The van der Waals surface area contributed by atoms with Crippen LogP contribution in [0, 0.1) is 0 Å². The van der Waals surface area contributed by atoms with E-state index in [0.717, 1.165) is 11.6 Å². The lowest BCUT2D eigenvalue weighted by atomic mass is 10.1. The maximum atomic E-state index is 4.43. The van der Waals surface area contributed by atoms with Crippen molar-refractivity contribution in [1.82, 2.24) is 9.55 Å². The van der Waals surface area contributed by atoms with E-state index in [9.17, 15) is 0 Å². The number of rotatable bonds is 4. The molecule has 0 spiro atoms. The van der Waals surface area contributed by atoms with Gasteiger partial charge in [-0.2, -0.15) is 0 Å². The van der Waals surface area contributed by atoms with Gasteiger partial charge in [-0.15, -0.1) is 0 Å². The molecule has 0 bridgehead atoms. The lowest BCUT2D eigenvalue weighted by Gasteiger charge is -2.28. The van der Waals surface area contributed by atoms with Gasteiger partial charge >= 0.3 is 0 Å². The zero-order valence-corrected chi connectivity index (χ0v) is 12.3. The molecule has 1 N–H and O–H groups in total. The zero-order chi connectivity index (χ0) is 14.1. The molecule has 1 aliphatic heterocycles. The number of aromatic nitrogens is 2. The van der Waals surface area contributed by atoms with Gasteiger partial charge in [-0.1, -0.05) is 0 Å². The van der Waals surface area contributed by atoms with Gasteiger partial charge in [-0.3, -0.25) is 0 Å². The van der Waals surface area contributed by atoms with Crippen molar-refractivity contribution in [3.63, 3.8) is 0 Å². The van der Waals surface area contributed by atoms with Crippen molar-refractivity contribution < 1.29 is 0 Å². The van der Waals surface area contributed by atoms with E-state index in [4.69, 9.17) is 0 Å². The first-order chi connectivity index (χ1) is 10.4. The third-order valence-corrected chi connectivity index (χ3v) is 4.45. The summed E-state index contributed by atoms with van der Waals surface area (Å²) in [5, 5.41) is 3.44. The molecule has 1 aliphatic carbocycles. The van der Waals surface area contributed by atoms with Crippen LogP contribution in [0.2, 0.25) is 0 Å². The van der Waals surface area contributed by atoms with Gasteiger partial charge in [0.2, 0.25) is 5.95 Å². The van der Waals surface area contributed by atoms with E-state index in [1.165, 1.54) is 50.9 Å². The van der Waals surface area contributed by atoms with Crippen LogP contribution >= 0.6 is 0 Å². The number of hydrogen-bond acceptors (Lipinski definition) is 3. The largest absolute Gasteiger partial charge is 0.372 e. The van der Waals surface area contributed by atoms with Gasteiger partial charge in [0.1, 0.15) is 0 Å². The smallest absolute Gasteiger partial charge is 0.207 e. The molecular formula is C17H22N4. The lowest BCUT2D eigenvalue weighted by Crippen LogP contribution is -2.29. The Hall–Kier alpha value is -1.97. The predicted octanol–water partition coefficient (Wildman–Crippen LogP) is 3.95. The van der Waals surface area contributed by atoms with Crippen LogP contribution in [0.15, 0.2) is 36.7 Å². The number of imidazole rings is 1. The molecule has 1 aromatic heterocycles. The Morgan fingerprint density at radius 1 is 1.00 bits per heavy atom. The normalized spacial score (nSPS) is 18.8. The van der Waals surface area contributed by atoms with Crippen LogP contribution in [0.25, 0.3) is 0 Å². The molecular weight excluding hydrogens is 260 g/mol. The first kappa shape index (κ1) is 12.7. The highest BCUT2D eigenvalue weighted by Crippen LogP contribution is 2.37. The summed E-state index contributed by atoms with van der Waals surface area (Å²) in [6, 6.07) is 9.42. The van der Waals surface area contributed by atoms with Crippen LogP contribution < -0.4 is 10.2 Å². The summed E-state index contributed by atoms with van der Waals surface area (Å²) in [5.74, 6) is 0.961. The highest BCUT2D eigenvalue weighted by Gasteiger charge is 2.25. The molecule has 4 rings (SSSR count). The fraction of sp³-hybridized carbons (Fsp3) is 0.471. The van der Waals surface area contributed by atoms with Crippen molar-refractivity contribution in [1.29, 1.82) is 0 Å². The molecule has 2 aromatic rings. The van der Waals surface area contributed by atoms with Crippen LogP contribution in [0.3, 0.4) is 0 Å². The van der Waals surface area contributed by atoms with Gasteiger partial charge in [-0.25, -0.2) is 4.98 Å². The van der Waals surface area contributed by atoms with Crippen LogP contribution in [0.4, 0.5) is 17.3 Å². The van der Waals surface area contributed by atoms with E-state index < -0.39 is 0 Å². The summed E-state index contributed by atoms with van der Waals surface area (Å²) in [5.41, 5.74) is 2.45. The molecule has 1 saturated heterocycles. The Morgan fingerprint density at radius 3 is 2.48 bits per heavy atom. The SMILES string of the molecule is c1cn(C2CC2)c(Nc2ccc(N3CCCCC3)cc2)n1. The molecule has 110 valence electrons. The Kier molecular flexibility index (Phi) is 3.30. The van der Waals surface area contributed by atoms with Crippen LogP contribution in [0.5, 0.6) is 0 Å². The third kappa shape index (κ3) is 2.75. The van der Waals surface area contributed by atoms with Crippen molar-refractivity contribution >= 4 is 17.3 Å². The summed E-state index contributed by atoms with van der Waals surface area (Å²) in [6.45, 7) is 2.39. The number of piperidine rings is 1. The lowest BCUT2D eigenvalue weighted by molar-refractivity contribution is 0.578. The molecule has 2 heterocycles. The second kappa shape index (κ2) is 5.43. The minimum Gasteiger partial charge on any atom is -0.372 e. The number of hydrogen-bond donors (Lipinski definition) is 1. The maximum absolute atomic E-state index is 4.43. The Bertz CT molecular complexity index is 592. The van der Waals surface area contributed by atoms with Gasteiger partial charge in [0.25, 0.3) is 0 Å². The second-order valence-electron chi connectivity index (χ2n) is 6.11. The monoisotopic (exact) mass is 282 g/mol. The molecule has 0 radical (unpaired) electrons. The van der Waals surface area contributed by atoms with Gasteiger partial charge in [-0.05, 0) is 56.4 Å². The van der Waals surface area contributed by atoms with E-state index in [1.807, 2.05) is 6.20 Å². The molecule has 0 unspecified atom stereocenters. The summed E-state index contributed by atoms with van der Waals surface area (Å²) in [6.07, 6.45) is 10.5. The highest BCUT2D eigenvalue weighted by atomic mass is 15.2. The van der Waals surface area contributed by atoms with Crippen LogP contribution in [0.1, 0.15) is 38.1 Å². The fourth-order valence-electron chi connectivity index (χ4n) is 3.09. The minimum atomic E-state index is 0.655. The van der Waals surface area contributed by atoms with E-state index in [0.29, 0.717) is 6.04 Å².